The average Bonchev–Trinajstić information content (AvgIpc) is 2.64. The molecule has 2 aromatic heterocycles. The molecular weight excluding hydrogens is 224 g/mol. The van der Waals surface area contributed by atoms with Gasteiger partial charge in [0, 0.05) is 5.39 Å². The van der Waals surface area contributed by atoms with E-state index in [9.17, 15) is 4.79 Å². The van der Waals surface area contributed by atoms with Crippen molar-refractivity contribution in [2.45, 2.75) is 20.8 Å². The van der Waals surface area contributed by atoms with Gasteiger partial charge in [0.25, 0.3) is 0 Å². The normalized spacial score (nSPS) is 11.3. The van der Waals surface area contributed by atoms with Crippen molar-refractivity contribution in [3.8, 4) is 0 Å². The number of rotatable bonds is 1. The van der Waals surface area contributed by atoms with E-state index >= 15 is 0 Å². The molecule has 3 nitrogen and oxygen atoms in total. The topological polar surface area (TPSA) is 34.4 Å². The maximum absolute atomic E-state index is 11.3. The summed E-state index contributed by atoms with van der Waals surface area (Å²) in [4.78, 5) is 15.7. The van der Waals surface area contributed by atoms with E-state index in [-0.39, 0.29) is 0 Å². The largest absolute Gasteiger partial charge is 0.296 e. The Balaban J connectivity index is 2.64. The fourth-order valence-electron chi connectivity index (χ4n) is 2.48. The number of benzene rings is 1. The van der Waals surface area contributed by atoms with E-state index in [1.807, 2.05) is 17.4 Å². The molecule has 0 unspecified atom stereocenters. The predicted octanol–water partition coefficient (Wildman–Crippen LogP) is 3.23. The average molecular weight is 238 g/mol. The van der Waals surface area contributed by atoms with Gasteiger partial charge in [-0.3, -0.25) is 9.20 Å². The van der Waals surface area contributed by atoms with Crippen molar-refractivity contribution in [2.75, 3.05) is 0 Å². The lowest BCUT2D eigenvalue weighted by Crippen LogP contribution is -1.96. The molecular formula is C15H14N2O. The molecule has 0 aliphatic rings. The van der Waals surface area contributed by atoms with Crippen LogP contribution in [0.25, 0.3) is 16.6 Å². The Labute approximate surface area is 105 Å². The third-order valence-electron chi connectivity index (χ3n) is 3.40. The van der Waals surface area contributed by atoms with Gasteiger partial charge in [-0.25, -0.2) is 4.98 Å². The second-order valence-electron chi connectivity index (χ2n) is 4.74. The van der Waals surface area contributed by atoms with Gasteiger partial charge >= 0.3 is 0 Å². The van der Waals surface area contributed by atoms with E-state index in [1.54, 1.807) is 0 Å². The summed E-state index contributed by atoms with van der Waals surface area (Å²) in [6.45, 7) is 5.99. The van der Waals surface area contributed by atoms with E-state index in [1.165, 1.54) is 11.1 Å². The van der Waals surface area contributed by atoms with Crippen molar-refractivity contribution in [3.05, 3.63) is 46.8 Å². The third kappa shape index (κ3) is 1.37. The Hall–Kier alpha value is -2.16. The molecule has 0 amide bonds. The van der Waals surface area contributed by atoms with Gasteiger partial charge in [-0.2, -0.15) is 0 Å². The number of imidazole rings is 1. The highest BCUT2D eigenvalue weighted by molar-refractivity contribution is 5.89. The maximum atomic E-state index is 11.3. The molecule has 0 saturated carbocycles. The summed E-state index contributed by atoms with van der Waals surface area (Å²) in [6.07, 6.45) is 0.881. The van der Waals surface area contributed by atoms with Gasteiger partial charge in [0.05, 0.1) is 11.2 Å². The Morgan fingerprint density at radius 1 is 1.17 bits per heavy atom. The van der Waals surface area contributed by atoms with Crippen LogP contribution in [0.1, 0.15) is 27.3 Å². The summed E-state index contributed by atoms with van der Waals surface area (Å²) in [5.74, 6) is 0. The second-order valence-corrected chi connectivity index (χ2v) is 4.74. The Morgan fingerprint density at radius 2 is 1.94 bits per heavy atom. The zero-order chi connectivity index (χ0) is 12.9. The van der Waals surface area contributed by atoms with Gasteiger partial charge in [0.15, 0.2) is 6.29 Å². The first-order valence-electron chi connectivity index (χ1n) is 5.96. The fraction of sp³-hybridized carbons (Fsp3) is 0.200. The molecule has 0 aliphatic heterocycles. The van der Waals surface area contributed by atoms with Crippen LogP contribution < -0.4 is 0 Å². The lowest BCUT2D eigenvalue weighted by molar-refractivity contribution is 0.111. The smallest absolute Gasteiger partial charge is 0.168 e. The van der Waals surface area contributed by atoms with Gasteiger partial charge in [-0.05, 0) is 44.0 Å². The van der Waals surface area contributed by atoms with Crippen molar-refractivity contribution >= 4 is 22.8 Å². The van der Waals surface area contributed by atoms with Crippen molar-refractivity contribution in [2.24, 2.45) is 0 Å². The number of carbonyl (C=O) groups is 1. The quantitative estimate of drug-likeness (QED) is 0.610. The molecule has 0 bridgehead atoms. The molecule has 3 aromatic rings. The fourth-order valence-corrected chi connectivity index (χ4v) is 2.48. The van der Waals surface area contributed by atoms with E-state index in [0.29, 0.717) is 5.69 Å². The molecule has 18 heavy (non-hydrogen) atoms. The summed E-state index contributed by atoms with van der Waals surface area (Å²) in [7, 11) is 0. The first-order valence-corrected chi connectivity index (χ1v) is 5.96. The molecule has 1 aromatic carbocycles. The number of pyridine rings is 1. The summed E-state index contributed by atoms with van der Waals surface area (Å²) < 4.78 is 1.94. The number of fused-ring (bicyclic) bond motifs is 3. The van der Waals surface area contributed by atoms with Crippen LogP contribution in [0, 0.1) is 20.8 Å². The van der Waals surface area contributed by atoms with Crippen molar-refractivity contribution in [1.29, 1.82) is 0 Å². The van der Waals surface area contributed by atoms with Crippen LogP contribution in [0.4, 0.5) is 0 Å². The summed E-state index contributed by atoms with van der Waals surface area (Å²) in [5.41, 5.74) is 5.66. The molecule has 0 fully saturated rings. The first-order chi connectivity index (χ1) is 8.61. The van der Waals surface area contributed by atoms with Crippen molar-refractivity contribution in [1.82, 2.24) is 9.38 Å². The maximum Gasteiger partial charge on any atom is 0.168 e. The number of carbonyl (C=O) groups excluding carboxylic acids is 1. The molecule has 0 aliphatic carbocycles. The molecule has 0 atom stereocenters. The Kier molecular flexibility index (Phi) is 2.23. The zero-order valence-electron chi connectivity index (χ0n) is 10.7. The number of nitrogens with zero attached hydrogens (tertiary/aromatic N) is 2. The lowest BCUT2D eigenvalue weighted by atomic mass is 10.1. The van der Waals surface area contributed by atoms with Crippen LogP contribution in [0.3, 0.4) is 0 Å². The minimum Gasteiger partial charge on any atom is -0.296 e. The van der Waals surface area contributed by atoms with Crippen LogP contribution in [-0.4, -0.2) is 15.7 Å². The highest BCUT2D eigenvalue weighted by atomic mass is 16.1. The minimum absolute atomic E-state index is 0.639. The van der Waals surface area contributed by atoms with Gasteiger partial charge in [0.1, 0.15) is 11.3 Å². The van der Waals surface area contributed by atoms with Crippen LogP contribution in [0.2, 0.25) is 0 Å². The molecule has 3 heteroatoms. The van der Waals surface area contributed by atoms with Crippen LogP contribution in [0.5, 0.6) is 0 Å². The number of aromatic nitrogens is 2. The van der Waals surface area contributed by atoms with Gasteiger partial charge < -0.3 is 0 Å². The predicted molar refractivity (Wildman–Crippen MR) is 72.3 cm³/mol. The molecule has 0 spiro atoms. The van der Waals surface area contributed by atoms with Gasteiger partial charge in [0.2, 0.25) is 0 Å². The monoisotopic (exact) mass is 238 g/mol. The standard InChI is InChI=1S/C15H14N2O/c1-9-4-5-12-10(2)7-15-16-11(3)14(8-18)17(15)13(12)6-9/h4-8H,1-3H3. The number of hydrogen-bond acceptors (Lipinski definition) is 2. The molecule has 0 saturated heterocycles. The molecule has 3 rings (SSSR count). The molecule has 0 N–H and O–H groups in total. The third-order valence-corrected chi connectivity index (χ3v) is 3.40. The van der Waals surface area contributed by atoms with E-state index < -0.39 is 0 Å². The van der Waals surface area contributed by atoms with E-state index in [4.69, 9.17) is 0 Å². The van der Waals surface area contributed by atoms with Crippen LogP contribution in [0.15, 0.2) is 24.3 Å². The minimum atomic E-state index is 0.639. The first kappa shape index (κ1) is 11.0. The SMILES string of the molecule is Cc1ccc2c(C)cc3nc(C)c(C=O)n3c2c1. The number of aryl methyl sites for hydroxylation is 3. The number of hydrogen-bond donors (Lipinski definition) is 0. The lowest BCUT2D eigenvalue weighted by Gasteiger charge is -2.07. The molecule has 0 radical (unpaired) electrons. The zero-order valence-corrected chi connectivity index (χ0v) is 10.7. The summed E-state index contributed by atoms with van der Waals surface area (Å²) in [5, 5.41) is 1.16. The summed E-state index contributed by atoms with van der Waals surface area (Å²) in [6, 6.07) is 8.32. The van der Waals surface area contributed by atoms with Crippen molar-refractivity contribution in [3.63, 3.8) is 0 Å². The summed E-state index contributed by atoms with van der Waals surface area (Å²) >= 11 is 0. The number of aldehydes is 1. The van der Waals surface area contributed by atoms with E-state index in [0.717, 1.165) is 28.5 Å². The van der Waals surface area contributed by atoms with Crippen LogP contribution >= 0.6 is 0 Å². The Bertz CT molecular complexity index is 784. The Morgan fingerprint density at radius 3 is 2.67 bits per heavy atom. The van der Waals surface area contributed by atoms with Crippen LogP contribution in [-0.2, 0) is 0 Å². The van der Waals surface area contributed by atoms with Crippen molar-refractivity contribution < 1.29 is 4.79 Å². The van der Waals surface area contributed by atoms with E-state index in [2.05, 4.69) is 37.0 Å². The molecule has 2 heterocycles. The highest BCUT2D eigenvalue weighted by Gasteiger charge is 2.12. The van der Waals surface area contributed by atoms with Gasteiger partial charge in [-0.15, -0.1) is 0 Å². The second kappa shape index (κ2) is 3.67. The van der Waals surface area contributed by atoms with Gasteiger partial charge in [-0.1, -0.05) is 12.1 Å². The molecule has 90 valence electrons. The highest BCUT2D eigenvalue weighted by Crippen LogP contribution is 2.24.